The largest absolute Gasteiger partial charge is 0.416 e. The molecule has 0 aliphatic carbocycles. The van der Waals surface area contributed by atoms with Gasteiger partial charge in [0.1, 0.15) is 5.60 Å². The lowest BCUT2D eigenvalue weighted by molar-refractivity contribution is -0.138. The van der Waals surface area contributed by atoms with Gasteiger partial charge in [-0.05, 0) is 55.3 Å². The minimum Gasteiger partial charge on any atom is -0.384 e. The summed E-state index contributed by atoms with van der Waals surface area (Å²) in [5.74, 6) is -2.38. The lowest BCUT2D eigenvalue weighted by Gasteiger charge is -2.43. The fraction of sp³-hybridized carbons (Fsp3) is 0.296. The SMILES string of the molecule is Cc1ccc(S(=O)(=O)N2CC[C@@](O)(c3ccc(C(F)(F)F)cc3)C(C(=O)c3ccc(C(F)(F)F)cc3)C2)cc1. The minimum absolute atomic E-state index is 0.0480. The van der Waals surface area contributed by atoms with E-state index >= 15 is 0 Å². The van der Waals surface area contributed by atoms with Crippen LogP contribution in [-0.2, 0) is 28.0 Å². The summed E-state index contributed by atoms with van der Waals surface area (Å²) in [4.78, 5) is 13.5. The molecule has 3 aromatic carbocycles. The molecule has 1 N–H and O–H groups in total. The summed E-state index contributed by atoms with van der Waals surface area (Å²) in [6.45, 7) is 0.957. The molecule has 3 aromatic rings. The van der Waals surface area contributed by atoms with Crippen LogP contribution in [0.4, 0.5) is 26.3 Å². The average Bonchev–Trinajstić information content (AvgIpc) is 2.88. The number of Topliss-reactive ketones (excluding diaryl/α,β-unsaturated/α-hetero) is 1. The normalized spacial score (nSPS) is 21.1. The van der Waals surface area contributed by atoms with Gasteiger partial charge in [-0.1, -0.05) is 42.0 Å². The van der Waals surface area contributed by atoms with E-state index in [0.717, 1.165) is 46.3 Å². The molecule has 208 valence electrons. The summed E-state index contributed by atoms with van der Waals surface area (Å²) < 4.78 is 106. The molecule has 39 heavy (non-hydrogen) atoms. The molecule has 12 heteroatoms. The number of alkyl halides is 6. The molecule has 1 unspecified atom stereocenters. The van der Waals surface area contributed by atoms with E-state index in [9.17, 15) is 44.7 Å². The number of piperidine rings is 1. The van der Waals surface area contributed by atoms with E-state index in [2.05, 4.69) is 0 Å². The molecular formula is C27H23F6NO4S. The second kappa shape index (κ2) is 10.1. The quantitative estimate of drug-likeness (QED) is 0.310. The van der Waals surface area contributed by atoms with Crippen molar-refractivity contribution >= 4 is 15.8 Å². The van der Waals surface area contributed by atoms with Gasteiger partial charge in [-0.2, -0.15) is 30.6 Å². The first-order chi connectivity index (χ1) is 18.0. The topological polar surface area (TPSA) is 74.7 Å². The van der Waals surface area contributed by atoms with Crippen LogP contribution in [0.25, 0.3) is 0 Å². The predicted molar refractivity (Wildman–Crippen MR) is 129 cm³/mol. The Morgan fingerprint density at radius 1 is 0.846 bits per heavy atom. The number of carbonyl (C=O) groups is 1. The summed E-state index contributed by atoms with van der Waals surface area (Å²) in [5, 5.41) is 11.7. The van der Waals surface area contributed by atoms with Crippen molar-refractivity contribution in [1.29, 1.82) is 0 Å². The van der Waals surface area contributed by atoms with Crippen molar-refractivity contribution in [2.45, 2.75) is 36.2 Å². The third kappa shape index (κ3) is 5.73. The molecule has 0 amide bonds. The van der Waals surface area contributed by atoms with Crippen molar-refractivity contribution in [3.05, 3.63) is 101 Å². The fourth-order valence-corrected chi connectivity index (χ4v) is 6.07. The summed E-state index contributed by atoms with van der Waals surface area (Å²) >= 11 is 0. The average molecular weight is 572 g/mol. The van der Waals surface area contributed by atoms with E-state index in [4.69, 9.17) is 0 Å². The highest BCUT2D eigenvalue weighted by molar-refractivity contribution is 7.89. The lowest BCUT2D eigenvalue weighted by atomic mass is 9.73. The number of hydrogen-bond acceptors (Lipinski definition) is 4. The lowest BCUT2D eigenvalue weighted by Crippen LogP contribution is -2.54. The first-order valence-electron chi connectivity index (χ1n) is 11.7. The highest BCUT2D eigenvalue weighted by atomic mass is 32.2. The van der Waals surface area contributed by atoms with E-state index in [1.165, 1.54) is 12.1 Å². The third-order valence-corrected chi connectivity index (χ3v) is 8.77. The number of benzene rings is 3. The molecule has 0 bridgehead atoms. The Balaban J connectivity index is 1.75. The van der Waals surface area contributed by atoms with E-state index in [1.54, 1.807) is 19.1 Å². The summed E-state index contributed by atoms with van der Waals surface area (Å²) in [7, 11) is -4.14. The van der Waals surface area contributed by atoms with Crippen LogP contribution in [0.15, 0.2) is 77.7 Å². The zero-order valence-corrected chi connectivity index (χ0v) is 21.2. The van der Waals surface area contributed by atoms with Crippen LogP contribution >= 0.6 is 0 Å². The third-order valence-electron chi connectivity index (χ3n) is 6.89. The highest BCUT2D eigenvalue weighted by Gasteiger charge is 2.49. The van der Waals surface area contributed by atoms with Gasteiger partial charge in [-0.15, -0.1) is 0 Å². The van der Waals surface area contributed by atoms with Crippen LogP contribution in [-0.4, -0.2) is 36.7 Å². The van der Waals surface area contributed by atoms with Gasteiger partial charge in [0.15, 0.2) is 5.78 Å². The Labute approximate surface area is 220 Å². The van der Waals surface area contributed by atoms with Crippen molar-refractivity contribution in [2.75, 3.05) is 13.1 Å². The number of aryl methyl sites for hydroxylation is 1. The van der Waals surface area contributed by atoms with E-state index in [1.807, 2.05) is 0 Å². The predicted octanol–water partition coefficient (Wildman–Crippen LogP) is 5.81. The number of carbonyl (C=O) groups excluding carboxylic acids is 1. The molecule has 1 saturated heterocycles. The van der Waals surface area contributed by atoms with Crippen LogP contribution in [0.2, 0.25) is 0 Å². The van der Waals surface area contributed by atoms with E-state index < -0.39 is 57.3 Å². The number of hydrogen-bond donors (Lipinski definition) is 1. The standard InChI is InChI=1S/C27H23F6NO4S/c1-17-2-12-22(13-3-17)39(37,38)34-15-14-25(36,19-8-10-21(11-9-19)27(31,32)33)23(16-34)24(35)18-4-6-20(7-5-18)26(28,29)30/h2-13,23,36H,14-16H2,1H3/t23?,25-/m1/s1. The van der Waals surface area contributed by atoms with Gasteiger partial charge in [-0.3, -0.25) is 4.79 Å². The molecule has 5 nitrogen and oxygen atoms in total. The highest BCUT2D eigenvalue weighted by Crippen LogP contribution is 2.42. The van der Waals surface area contributed by atoms with Crippen molar-refractivity contribution < 1.29 is 44.7 Å². The van der Waals surface area contributed by atoms with Gasteiger partial charge in [0.05, 0.1) is 21.9 Å². The van der Waals surface area contributed by atoms with E-state index in [0.29, 0.717) is 12.1 Å². The zero-order chi connectivity index (χ0) is 28.8. The smallest absolute Gasteiger partial charge is 0.384 e. The van der Waals surface area contributed by atoms with Crippen LogP contribution in [0.1, 0.15) is 39.0 Å². The summed E-state index contributed by atoms with van der Waals surface area (Å²) in [6.07, 6.45) is -9.66. The molecule has 1 aliphatic heterocycles. The Kier molecular flexibility index (Phi) is 7.43. The first-order valence-corrected chi connectivity index (χ1v) is 13.2. The zero-order valence-electron chi connectivity index (χ0n) is 20.4. The molecule has 1 heterocycles. The van der Waals surface area contributed by atoms with Gasteiger partial charge >= 0.3 is 12.4 Å². The van der Waals surface area contributed by atoms with Crippen molar-refractivity contribution in [3.8, 4) is 0 Å². The Morgan fingerprint density at radius 3 is 1.82 bits per heavy atom. The second-order valence-electron chi connectivity index (χ2n) is 9.42. The summed E-state index contributed by atoms with van der Waals surface area (Å²) in [5.41, 5.74) is -3.55. The van der Waals surface area contributed by atoms with Gasteiger partial charge in [-0.25, -0.2) is 8.42 Å². The number of ketones is 1. The maximum absolute atomic E-state index is 13.6. The molecule has 0 aromatic heterocycles. The van der Waals surface area contributed by atoms with Crippen LogP contribution < -0.4 is 0 Å². The molecule has 1 aliphatic rings. The molecule has 4 rings (SSSR count). The fourth-order valence-electron chi connectivity index (χ4n) is 4.61. The van der Waals surface area contributed by atoms with Gasteiger partial charge in [0, 0.05) is 18.7 Å². The van der Waals surface area contributed by atoms with E-state index in [-0.39, 0.29) is 29.0 Å². The number of aliphatic hydroxyl groups is 1. The number of rotatable bonds is 5. The Bertz CT molecular complexity index is 1450. The van der Waals surface area contributed by atoms with Crippen molar-refractivity contribution in [1.82, 2.24) is 4.31 Å². The summed E-state index contributed by atoms with van der Waals surface area (Å²) in [6, 6.07) is 12.7. The maximum Gasteiger partial charge on any atom is 0.416 e. The number of halogens is 6. The minimum atomic E-state index is -4.66. The van der Waals surface area contributed by atoms with Crippen LogP contribution in [0.5, 0.6) is 0 Å². The molecular weight excluding hydrogens is 548 g/mol. The van der Waals surface area contributed by atoms with Gasteiger partial charge in [0.25, 0.3) is 0 Å². The monoisotopic (exact) mass is 571 g/mol. The Morgan fingerprint density at radius 2 is 1.33 bits per heavy atom. The number of sulfonamides is 1. The first kappa shape index (κ1) is 28.8. The van der Waals surface area contributed by atoms with Gasteiger partial charge < -0.3 is 5.11 Å². The van der Waals surface area contributed by atoms with Crippen molar-refractivity contribution in [2.24, 2.45) is 5.92 Å². The molecule has 2 atom stereocenters. The second-order valence-corrected chi connectivity index (χ2v) is 11.4. The van der Waals surface area contributed by atoms with Crippen LogP contribution in [0, 0.1) is 12.8 Å². The maximum atomic E-state index is 13.6. The molecule has 0 saturated carbocycles. The molecule has 0 radical (unpaired) electrons. The van der Waals surface area contributed by atoms with Crippen LogP contribution in [0.3, 0.4) is 0 Å². The Hall–Kier alpha value is -3.22. The van der Waals surface area contributed by atoms with Crippen molar-refractivity contribution in [3.63, 3.8) is 0 Å². The molecule has 1 fully saturated rings. The van der Waals surface area contributed by atoms with Gasteiger partial charge in [0.2, 0.25) is 10.0 Å². The number of nitrogens with zero attached hydrogens (tertiary/aromatic N) is 1. The molecule has 0 spiro atoms.